The van der Waals surface area contributed by atoms with Gasteiger partial charge in [0.1, 0.15) is 0 Å². The summed E-state index contributed by atoms with van der Waals surface area (Å²) in [7, 11) is 0. The Bertz CT molecular complexity index is 800. The smallest absolute Gasteiger partial charge is 0.276 e. The van der Waals surface area contributed by atoms with Crippen LogP contribution in [-0.2, 0) is 0 Å². The van der Waals surface area contributed by atoms with E-state index in [0.717, 1.165) is 0 Å². The zero-order valence-electron chi connectivity index (χ0n) is 12.1. The van der Waals surface area contributed by atoms with Gasteiger partial charge in [-0.15, -0.1) is 0 Å². The van der Waals surface area contributed by atoms with E-state index in [9.17, 15) is 9.59 Å². The fourth-order valence-corrected chi connectivity index (χ4v) is 1.90. The number of hydrogen-bond acceptors (Lipinski definition) is 3. The number of carbonyl (C=O) groups is 2. The SMILES string of the molecule is C=C/C=C(\C=C/C)NC(=O)c1cc2cc(C(N)=O)ccn2n1. The first-order valence-corrected chi connectivity index (χ1v) is 6.61. The van der Waals surface area contributed by atoms with Crippen LogP contribution in [0, 0.1) is 0 Å². The first kappa shape index (κ1) is 15.2. The maximum absolute atomic E-state index is 12.2. The van der Waals surface area contributed by atoms with E-state index < -0.39 is 5.91 Å². The van der Waals surface area contributed by atoms with Crippen LogP contribution in [0.3, 0.4) is 0 Å². The van der Waals surface area contributed by atoms with Crippen molar-refractivity contribution in [1.82, 2.24) is 14.9 Å². The molecule has 2 aromatic heterocycles. The molecule has 0 saturated carbocycles. The van der Waals surface area contributed by atoms with Crippen LogP contribution in [0.15, 0.2) is 61.0 Å². The molecular formula is C16H16N4O2. The van der Waals surface area contributed by atoms with E-state index in [1.165, 1.54) is 4.52 Å². The van der Waals surface area contributed by atoms with E-state index in [4.69, 9.17) is 5.73 Å². The Morgan fingerprint density at radius 1 is 1.41 bits per heavy atom. The number of aromatic nitrogens is 2. The summed E-state index contributed by atoms with van der Waals surface area (Å²) in [4.78, 5) is 23.4. The molecule has 0 aliphatic rings. The molecule has 0 atom stereocenters. The Morgan fingerprint density at radius 2 is 2.18 bits per heavy atom. The molecular weight excluding hydrogens is 280 g/mol. The van der Waals surface area contributed by atoms with Gasteiger partial charge in [-0.3, -0.25) is 9.59 Å². The normalized spacial score (nSPS) is 11.8. The lowest BCUT2D eigenvalue weighted by Crippen LogP contribution is -2.22. The van der Waals surface area contributed by atoms with E-state index in [0.29, 0.717) is 16.8 Å². The van der Waals surface area contributed by atoms with E-state index in [2.05, 4.69) is 17.0 Å². The highest BCUT2D eigenvalue weighted by Gasteiger charge is 2.12. The maximum atomic E-state index is 12.2. The van der Waals surface area contributed by atoms with Crippen LogP contribution in [0.2, 0.25) is 0 Å². The zero-order chi connectivity index (χ0) is 16.1. The molecule has 0 spiro atoms. The van der Waals surface area contributed by atoms with Crippen LogP contribution < -0.4 is 11.1 Å². The number of hydrogen-bond donors (Lipinski definition) is 2. The van der Waals surface area contributed by atoms with Gasteiger partial charge in [0.15, 0.2) is 5.69 Å². The third-order valence-electron chi connectivity index (χ3n) is 2.88. The fourth-order valence-electron chi connectivity index (χ4n) is 1.90. The van der Waals surface area contributed by atoms with Gasteiger partial charge in [0.2, 0.25) is 5.91 Å². The predicted octanol–water partition coefficient (Wildman–Crippen LogP) is 1.81. The molecule has 6 nitrogen and oxygen atoms in total. The van der Waals surface area contributed by atoms with E-state index >= 15 is 0 Å². The summed E-state index contributed by atoms with van der Waals surface area (Å²) in [6.07, 6.45) is 8.40. The van der Waals surface area contributed by atoms with Gasteiger partial charge in [0.25, 0.3) is 5.91 Å². The Hall–Kier alpha value is -3.15. The van der Waals surface area contributed by atoms with Gasteiger partial charge in [0.05, 0.1) is 5.52 Å². The molecule has 0 saturated heterocycles. The standard InChI is InChI=1S/C16H16N4O2/c1-3-5-12(6-4-2)18-16(22)14-10-13-9-11(15(17)21)7-8-20(13)19-14/h3-10H,1H2,2H3,(H2,17,21)(H,18,22)/b6-4-,12-5+. The molecule has 0 aliphatic heterocycles. The van der Waals surface area contributed by atoms with Crippen LogP contribution in [0.1, 0.15) is 27.8 Å². The molecule has 22 heavy (non-hydrogen) atoms. The van der Waals surface area contributed by atoms with Crippen molar-refractivity contribution in [3.05, 3.63) is 72.2 Å². The average molecular weight is 296 g/mol. The number of allylic oxidation sites excluding steroid dienone is 4. The molecule has 0 aromatic carbocycles. The molecule has 0 fully saturated rings. The highest BCUT2D eigenvalue weighted by Crippen LogP contribution is 2.10. The second kappa shape index (κ2) is 6.53. The summed E-state index contributed by atoms with van der Waals surface area (Å²) in [6.45, 7) is 5.45. The highest BCUT2D eigenvalue weighted by atomic mass is 16.2. The lowest BCUT2D eigenvalue weighted by atomic mass is 10.2. The number of pyridine rings is 1. The molecule has 2 amide bonds. The third kappa shape index (κ3) is 3.29. The van der Waals surface area contributed by atoms with Gasteiger partial charge in [-0.25, -0.2) is 4.52 Å². The number of amides is 2. The largest absolute Gasteiger partial charge is 0.366 e. The number of nitrogens with two attached hydrogens (primary N) is 1. The minimum Gasteiger partial charge on any atom is -0.366 e. The second-order valence-corrected chi connectivity index (χ2v) is 4.49. The molecule has 0 aliphatic carbocycles. The zero-order valence-corrected chi connectivity index (χ0v) is 12.1. The Morgan fingerprint density at radius 3 is 2.82 bits per heavy atom. The lowest BCUT2D eigenvalue weighted by Gasteiger charge is -2.02. The predicted molar refractivity (Wildman–Crippen MR) is 84.3 cm³/mol. The van der Waals surface area contributed by atoms with Crippen molar-refractivity contribution in [1.29, 1.82) is 0 Å². The lowest BCUT2D eigenvalue weighted by molar-refractivity contribution is 0.0960. The highest BCUT2D eigenvalue weighted by molar-refractivity contribution is 5.96. The maximum Gasteiger partial charge on any atom is 0.276 e. The van der Waals surface area contributed by atoms with Crippen molar-refractivity contribution in [3.8, 4) is 0 Å². The molecule has 0 bridgehead atoms. The number of primary amides is 1. The summed E-state index contributed by atoms with van der Waals surface area (Å²) < 4.78 is 1.51. The molecule has 2 aromatic rings. The Balaban J connectivity index is 2.30. The minimum atomic E-state index is -0.529. The van der Waals surface area contributed by atoms with Crippen LogP contribution in [-0.4, -0.2) is 21.4 Å². The minimum absolute atomic E-state index is 0.237. The number of carbonyl (C=O) groups excluding carboxylic acids is 2. The van der Waals surface area contributed by atoms with Crippen molar-refractivity contribution in [3.63, 3.8) is 0 Å². The van der Waals surface area contributed by atoms with Crippen molar-refractivity contribution >= 4 is 17.3 Å². The first-order chi connectivity index (χ1) is 10.5. The van der Waals surface area contributed by atoms with Gasteiger partial charge in [-0.05, 0) is 37.3 Å². The topological polar surface area (TPSA) is 89.5 Å². The van der Waals surface area contributed by atoms with Crippen molar-refractivity contribution in [2.24, 2.45) is 5.73 Å². The number of nitrogens with zero attached hydrogens (tertiary/aromatic N) is 2. The van der Waals surface area contributed by atoms with Crippen LogP contribution in [0.5, 0.6) is 0 Å². The summed E-state index contributed by atoms with van der Waals surface area (Å²) in [5.74, 6) is -0.880. The van der Waals surface area contributed by atoms with Crippen molar-refractivity contribution < 1.29 is 9.59 Å². The summed E-state index contributed by atoms with van der Waals surface area (Å²) in [5.41, 5.74) is 7.05. The van der Waals surface area contributed by atoms with Crippen molar-refractivity contribution in [2.75, 3.05) is 0 Å². The van der Waals surface area contributed by atoms with Gasteiger partial charge in [0, 0.05) is 17.5 Å². The third-order valence-corrected chi connectivity index (χ3v) is 2.88. The second-order valence-electron chi connectivity index (χ2n) is 4.49. The number of rotatable bonds is 5. The molecule has 2 heterocycles. The van der Waals surface area contributed by atoms with Crippen LogP contribution in [0.25, 0.3) is 5.52 Å². The fraction of sp³-hybridized carbons (Fsp3) is 0.0625. The van der Waals surface area contributed by atoms with E-state index in [1.807, 2.05) is 6.92 Å². The van der Waals surface area contributed by atoms with Gasteiger partial charge in [-0.1, -0.05) is 18.7 Å². The van der Waals surface area contributed by atoms with Crippen LogP contribution in [0.4, 0.5) is 0 Å². The van der Waals surface area contributed by atoms with E-state index in [1.54, 1.807) is 48.7 Å². The first-order valence-electron chi connectivity index (χ1n) is 6.61. The molecule has 0 unspecified atom stereocenters. The van der Waals surface area contributed by atoms with E-state index in [-0.39, 0.29) is 11.6 Å². The number of nitrogens with one attached hydrogen (secondary N) is 1. The van der Waals surface area contributed by atoms with Gasteiger partial charge in [-0.2, -0.15) is 5.10 Å². The Labute approximate surface area is 127 Å². The van der Waals surface area contributed by atoms with Crippen molar-refractivity contribution in [2.45, 2.75) is 6.92 Å². The number of fused-ring (bicyclic) bond motifs is 1. The molecule has 6 heteroatoms. The monoisotopic (exact) mass is 296 g/mol. The summed E-state index contributed by atoms with van der Waals surface area (Å²) in [6, 6.07) is 4.72. The Kier molecular flexibility index (Phi) is 4.53. The molecule has 0 radical (unpaired) electrons. The molecule has 3 N–H and O–H groups in total. The van der Waals surface area contributed by atoms with Gasteiger partial charge >= 0.3 is 0 Å². The summed E-state index contributed by atoms with van der Waals surface area (Å²) in [5, 5.41) is 6.89. The van der Waals surface area contributed by atoms with Gasteiger partial charge < -0.3 is 11.1 Å². The van der Waals surface area contributed by atoms with Crippen LogP contribution >= 0.6 is 0 Å². The molecule has 112 valence electrons. The summed E-state index contributed by atoms with van der Waals surface area (Å²) >= 11 is 0. The molecule has 2 rings (SSSR count). The quantitative estimate of drug-likeness (QED) is 0.825. The average Bonchev–Trinajstić information content (AvgIpc) is 2.90.